The zero-order chi connectivity index (χ0) is 14.4. The van der Waals surface area contributed by atoms with Gasteiger partial charge in [0.1, 0.15) is 6.23 Å². The summed E-state index contributed by atoms with van der Waals surface area (Å²) in [6, 6.07) is 9.23. The molecule has 112 valence electrons. The SMILES string of the molecule is CCCCC1Cc2ccccc2C(OCCN(C)C)N1. The molecule has 1 aromatic rings. The normalized spacial score (nSPS) is 22.0. The highest BCUT2D eigenvalue weighted by Crippen LogP contribution is 2.27. The fourth-order valence-corrected chi connectivity index (χ4v) is 2.73. The third-order valence-corrected chi connectivity index (χ3v) is 3.92. The molecule has 1 N–H and O–H groups in total. The number of hydrogen-bond acceptors (Lipinski definition) is 3. The van der Waals surface area contributed by atoms with Crippen molar-refractivity contribution < 1.29 is 4.74 Å². The van der Waals surface area contributed by atoms with Crippen LogP contribution in [0.2, 0.25) is 0 Å². The first-order valence-corrected chi connectivity index (χ1v) is 7.81. The molecule has 1 heterocycles. The second-order valence-corrected chi connectivity index (χ2v) is 5.96. The van der Waals surface area contributed by atoms with E-state index in [0.717, 1.165) is 19.6 Å². The summed E-state index contributed by atoms with van der Waals surface area (Å²) >= 11 is 0. The van der Waals surface area contributed by atoms with Crippen molar-refractivity contribution in [1.82, 2.24) is 10.2 Å². The smallest absolute Gasteiger partial charge is 0.134 e. The van der Waals surface area contributed by atoms with Gasteiger partial charge in [0.15, 0.2) is 0 Å². The van der Waals surface area contributed by atoms with Crippen LogP contribution in [-0.2, 0) is 11.2 Å². The maximum atomic E-state index is 6.08. The van der Waals surface area contributed by atoms with Crippen LogP contribution in [0.15, 0.2) is 24.3 Å². The topological polar surface area (TPSA) is 24.5 Å². The maximum absolute atomic E-state index is 6.08. The van der Waals surface area contributed by atoms with Crippen molar-refractivity contribution in [2.75, 3.05) is 27.2 Å². The van der Waals surface area contributed by atoms with Gasteiger partial charge in [-0.15, -0.1) is 0 Å². The fourth-order valence-electron chi connectivity index (χ4n) is 2.73. The monoisotopic (exact) mass is 276 g/mol. The Morgan fingerprint density at radius 2 is 2.10 bits per heavy atom. The Kier molecular flexibility index (Phi) is 6.02. The zero-order valence-corrected chi connectivity index (χ0v) is 13.1. The van der Waals surface area contributed by atoms with Gasteiger partial charge in [0.2, 0.25) is 0 Å². The first-order valence-electron chi connectivity index (χ1n) is 7.81. The molecule has 3 heteroatoms. The van der Waals surface area contributed by atoms with E-state index in [1.54, 1.807) is 0 Å². The summed E-state index contributed by atoms with van der Waals surface area (Å²) in [5, 5.41) is 3.68. The highest BCUT2D eigenvalue weighted by atomic mass is 16.5. The Hall–Kier alpha value is -0.900. The van der Waals surface area contributed by atoms with Crippen molar-refractivity contribution in [1.29, 1.82) is 0 Å². The van der Waals surface area contributed by atoms with Crippen molar-refractivity contribution >= 4 is 0 Å². The molecule has 0 aliphatic carbocycles. The number of nitrogens with zero attached hydrogens (tertiary/aromatic N) is 1. The molecular weight excluding hydrogens is 248 g/mol. The summed E-state index contributed by atoms with van der Waals surface area (Å²) in [4.78, 5) is 2.16. The van der Waals surface area contributed by atoms with Gasteiger partial charge >= 0.3 is 0 Å². The number of benzene rings is 1. The highest BCUT2D eigenvalue weighted by Gasteiger charge is 2.25. The number of nitrogens with one attached hydrogen (secondary N) is 1. The van der Waals surface area contributed by atoms with Crippen LogP contribution >= 0.6 is 0 Å². The Morgan fingerprint density at radius 1 is 1.30 bits per heavy atom. The fraction of sp³-hybridized carbons (Fsp3) is 0.647. The summed E-state index contributed by atoms with van der Waals surface area (Å²) < 4.78 is 6.08. The lowest BCUT2D eigenvalue weighted by Crippen LogP contribution is -2.41. The number of rotatable bonds is 7. The first kappa shape index (κ1) is 15.5. The Bertz CT molecular complexity index is 406. The van der Waals surface area contributed by atoms with Gasteiger partial charge in [-0.2, -0.15) is 0 Å². The van der Waals surface area contributed by atoms with Crippen molar-refractivity contribution in [2.45, 2.75) is 44.9 Å². The predicted molar refractivity (Wildman–Crippen MR) is 83.8 cm³/mol. The number of ether oxygens (including phenoxy) is 1. The number of unbranched alkanes of at least 4 members (excludes halogenated alkanes) is 1. The molecule has 0 saturated carbocycles. The third kappa shape index (κ3) is 4.30. The van der Waals surface area contributed by atoms with E-state index in [2.05, 4.69) is 55.5 Å². The average molecular weight is 276 g/mol. The van der Waals surface area contributed by atoms with E-state index in [-0.39, 0.29) is 6.23 Å². The lowest BCUT2D eigenvalue weighted by atomic mass is 9.92. The molecule has 20 heavy (non-hydrogen) atoms. The van der Waals surface area contributed by atoms with Crippen LogP contribution in [0.4, 0.5) is 0 Å². The number of likely N-dealkylation sites (N-methyl/N-ethyl adjacent to an activating group) is 1. The first-order chi connectivity index (χ1) is 9.70. The molecule has 1 aliphatic rings. The van der Waals surface area contributed by atoms with E-state index in [4.69, 9.17) is 4.74 Å². The van der Waals surface area contributed by atoms with Gasteiger partial charge in [-0.3, -0.25) is 5.32 Å². The van der Waals surface area contributed by atoms with E-state index in [1.807, 2.05) is 0 Å². The summed E-state index contributed by atoms with van der Waals surface area (Å²) in [6.45, 7) is 3.97. The van der Waals surface area contributed by atoms with Crippen molar-refractivity contribution in [2.24, 2.45) is 0 Å². The van der Waals surface area contributed by atoms with Crippen LogP contribution < -0.4 is 5.32 Å². The van der Waals surface area contributed by atoms with Crippen molar-refractivity contribution in [3.8, 4) is 0 Å². The minimum atomic E-state index is 0.0572. The molecule has 0 radical (unpaired) electrons. The molecule has 0 amide bonds. The summed E-state index contributed by atoms with van der Waals surface area (Å²) in [5.74, 6) is 0. The van der Waals surface area contributed by atoms with Crippen LogP contribution in [0.25, 0.3) is 0 Å². The van der Waals surface area contributed by atoms with Crippen LogP contribution in [0, 0.1) is 0 Å². The summed E-state index contributed by atoms with van der Waals surface area (Å²) in [7, 11) is 4.16. The second kappa shape index (κ2) is 7.77. The largest absolute Gasteiger partial charge is 0.358 e. The molecule has 0 bridgehead atoms. The van der Waals surface area contributed by atoms with Gasteiger partial charge in [-0.1, -0.05) is 44.0 Å². The van der Waals surface area contributed by atoms with Crippen molar-refractivity contribution in [3.63, 3.8) is 0 Å². The molecule has 2 unspecified atom stereocenters. The summed E-state index contributed by atoms with van der Waals surface area (Å²) in [6.07, 6.45) is 4.96. The Labute approximate surface area is 123 Å². The molecule has 3 nitrogen and oxygen atoms in total. The van der Waals surface area contributed by atoms with Crippen LogP contribution in [0.1, 0.15) is 43.5 Å². The zero-order valence-electron chi connectivity index (χ0n) is 13.1. The molecule has 1 aromatic carbocycles. The minimum Gasteiger partial charge on any atom is -0.358 e. The molecule has 0 spiro atoms. The van der Waals surface area contributed by atoms with Gasteiger partial charge < -0.3 is 9.64 Å². The molecule has 2 rings (SSSR count). The van der Waals surface area contributed by atoms with Crippen molar-refractivity contribution in [3.05, 3.63) is 35.4 Å². The Morgan fingerprint density at radius 3 is 2.85 bits per heavy atom. The lowest BCUT2D eigenvalue weighted by Gasteiger charge is -2.33. The van der Waals surface area contributed by atoms with E-state index >= 15 is 0 Å². The average Bonchev–Trinajstić information content (AvgIpc) is 2.44. The highest BCUT2D eigenvalue weighted by molar-refractivity contribution is 5.32. The molecular formula is C17H28N2O. The maximum Gasteiger partial charge on any atom is 0.134 e. The van der Waals surface area contributed by atoms with E-state index < -0.39 is 0 Å². The molecule has 0 aromatic heterocycles. The van der Waals surface area contributed by atoms with Gasteiger partial charge in [-0.05, 0) is 38.1 Å². The van der Waals surface area contributed by atoms with E-state index in [0.29, 0.717) is 6.04 Å². The third-order valence-electron chi connectivity index (χ3n) is 3.92. The molecule has 1 aliphatic heterocycles. The Balaban J connectivity index is 2.00. The molecule has 0 saturated heterocycles. The second-order valence-electron chi connectivity index (χ2n) is 5.96. The standard InChI is InChI=1S/C17H28N2O/c1-4-5-9-15-13-14-8-6-7-10-16(14)17(18-15)20-12-11-19(2)3/h6-8,10,15,17-18H,4-5,9,11-13H2,1-3H3. The number of fused-ring (bicyclic) bond motifs is 1. The number of hydrogen-bond donors (Lipinski definition) is 1. The quantitative estimate of drug-likeness (QED) is 0.828. The van der Waals surface area contributed by atoms with Gasteiger partial charge in [0.25, 0.3) is 0 Å². The minimum absolute atomic E-state index is 0.0572. The van der Waals surface area contributed by atoms with E-state index in [9.17, 15) is 0 Å². The van der Waals surface area contributed by atoms with Gasteiger partial charge in [-0.25, -0.2) is 0 Å². The van der Waals surface area contributed by atoms with Crippen LogP contribution in [0.3, 0.4) is 0 Å². The summed E-state index contributed by atoms with van der Waals surface area (Å²) in [5.41, 5.74) is 2.77. The lowest BCUT2D eigenvalue weighted by molar-refractivity contribution is 0.00640. The van der Waals surface area contributed by atoms with Gasteiger partial charge in [0, 0.05) is 12.6 Å². The molecule has 0 fully saturated rings. The van der Waals surface area contributed by atoms with Crippen LogP contribution in [0.5, 0.6) is 0 Å². The predicted octanol–water partition coefficient (Wildman–Crippen LogP) is 2.97. The molecule has 2 atom stereocenters. The van der Waals surface area contributed by atoms with Crippen LogP contribution in [-0.4, -0.2) is 38.2 Å². The van der Waals surface area contributed by atoms with E-state index in [1.165, 1.54) is 30.4 Å². The van der Waals surface area contributed by atoms with Gasteiger partial charge in [0.05, 0.1) is 6.61 Å².